The standard InChI is InChI=1S/C13H21NO6S/c1-20-13(17)10-6-7-14(8-10)21(18,19)11-4-2-9(3-5-11)12(15)16/h9-11H,2-8H2,1H3,(H,15,16)/t9?,10-,11?/m1/s1. The number of hydrogen-bond acceptors (Lipinski definition) is 5. The van der Waals surface area contributed by atoms with Gasteiger partial charge in [-0.1, -0.05) is 0 Å². The SMILES string of the molecule is COC(=O)[C@@H]1CCN(S(=O)(=O)C2CCC(C(=O)O)CC2)C1. The van der Waals surface area contributed by atoms with Crippen LogP contribution in [0.25, 0.3) is 0 Å². The Labute approximate surface area is 124 Å². The molecular weight excluding hydrogens is 298 g/mol. The van der Waals surface area contributed by atoms with Crippen molar-refractivity contribution in [3.05, 3.63) is 0 Å². The molecule has 0 radical (unpaired) electrons. The summed E-state index contributed by atoms with van der Waals surface area (Å²) in [5.41, 5.74) is 0. The molecule has 0 aromatic rings. The van der Waals surface area contributed by atoms with Crippen molar-refractivity contribution >= 4 is 22.0 Å². The molecule has 1 heterocycles. The van der Waals surface area contributed by atoms with Gasteiger partial charge in [-0.3, -0.25) is 9.59 Å². The second-order valence-electron chi connectivity index (χ2n) is 5.72. The molecular formula is C13H21NO6S. The number of methoxy groups -OCH3 is 1. The van der Waals surface area contributed by atoms with Crippen molar-refractivity contribution in [2.45, 2.75) is 37.4 Å². The smallest absolute Gasteiger partial charge is 0.310 e. The number of carbonyl (C=O) groups is 2. The lowest BCUT2D eigenvalue weighted by atomic mass is 9.89. The van der Waals surface area contributed by atoms with Crippen LogP contribution in [0.15, 0.2) is 0 Å². The molecule has 0 aromatic heterocycles. The Hall–Kier alpha value is -1.15. The number of carbonyl (C=O) groups excluding carboxylic acids is 1. The van der Waals surface area contributed by atoms with Gasteiger partial charge in [-0.2, -0.15) is 0 Å². The van der Waals surface area contributed by atoms with Crippen LogP contribution >= 0.6 is 0 Å². The third-order valence-electron chi connectivity index (χ3n) is 4.49. The summed E-state index contributed by atoms with van der Waals surface area (Å²) < 4.78 is 31.1. The van der Waals surface area contributed by atoms with Crippen molar-refractivity contribution in [1.29, 1.82) is 0 Å². The summed E-state index contributed by atoms with van der Waals surface area (Å²) in [6.07, 6.45) is 2.02. The molecule has 0 unspecified atom stereocenters. The van der Waals surface area contributed by atoms with Gasteiger partial charge in [0.2, 0.25) is 10.0 Å². The quantitative estimate of drug-likeness (QED) is 0.755. The molecule has 21 heavy (non-hydrogen) atoms. The van der Waals surface area contributed by atoms with E-state index in [1.54, 1.807) is 0 Å². The predicted molar refractivity (Wildman–Crippen MR) is 74.0 cm³/mol. The van der Waals surface area contributed by atoms with E-state index >= 15 is 0 Å². The number of aliphatic carboxylic acids is 1. The van der Waals surface area contributed by atoms with Crippen LogP contribution < -0.4 is 0 Å². The Morgan fingerprint density at radius 1 is 1.10 bits per heavy atom. The average molecular weight is 319 g/mol. The summed E-state index contributed by atoms with van der Waals surface area (Å²) in [6.45, 7) is 0.509. The third-order valence-corrected chi connectivity index (χ3v) is 6.86. The first kappa shape index (κ1) is 16.2. The van der Waals surface area contributed by atoms with Gasteiger partial charge >= 0.3 is 11.9 Å². The van der Waals surface area contributed by atoms with E-state index in [1.807, 2.05) is 0 Å². The van der Waals surface area contributed by atoms with Gasteiger partial charge in [0.05, 0.1) is 24.2 Å². The zero-order valence-corrected chi connectivity index (χ0v) is 12.8. The fraction of sp³-hybridized carbons (Fsp3) is 0.846. The molecule has 0 spiro atoms. The highest BCUT2D eigenvalue weighted by atomic mass is 32.2. The maximum Gasteiger partial charge on any atom is 0.310 e. The Morgan fingerprint density at radius 3 is 2.24 bits per heavy atom. The molecule has 1 aliphatic carbocycles. The number of rotatable bonds is 4. The Morgan fingerprint density at radius 2 is 1.71 bits per heavy atom. The van der Waals surface area contributed by atoms with Gasteiger partial charge in [-0.05, 0) is 32.1 Å². The van der Waals surface area contributed by atoms with Crippen LogP contribution in [0.4, 0.5) is 0 Å². The molecule has 0 bridgehead atoms. The minimum Gasteiger partial charge on any atom is -0.481 e. The predicted octanol–water partition coefficient (Wildman–Crippen LogP) is 0.454. The lowest BCUT2D eigenvalue weighted by Gasteiger charge is -2.29. The van der Waals surface area contributed by atoms with E-state index in [0.717, 1.165) is 0 Å². The zero-order chi connectivity index (χ0) is 15.6. The number of hydrogen-bond donors (Lipinski definition) is 1. The van der Waals surface area contributed by atoms with Gasteiger partial charge in [0.25, 0.3) is 0 Å². The molecule has 2 fully saturated rings. The summed E-state index contributed by atoms with van der Waals surface area (Å²) in [5, 5.41) is 8.43. The van der Waals surface area contributed by atoms with E-state index in [9.17, 15) is 18.0 Å². The fourth-order valence-corrected chi connectivity index (χ4v) is 5.17. The van der Waals surface area contributed by atoms with Crippen LogP contribution in [0, 0.1) is 11.8 Å². The normalized spacial score (nSPS) is 31.0. The van der Waals surface area contributed by atoms with E-state index < -0.39 is 27.2 Å². The Bertz CT molecular complexity index is 509. The maximum absolute atomic E-state index is 12.5. The van der Waals surface area contributed by atoms with Crippen molar-refractivity contribution in [2.24, 2.45) is 11.8 Å². The minimum atomic E-state index is -3.45. The maximum atomic E-state index is 12.5. The Balaban J connectivity index is 1.97. The highest BCUT2D eigenvalue weighted by Crippen LogP contribution is 2.32. The van der Waals surface area contributed by atoms with Crippen LogP contribution in [0.1, 0.15) is 32.1 Å². The van der Waals surface area contributed by atoms with Gasteiger partial charge in [-0.25, -0.2) is 12.7 Å². The number of sulfonamides is 1. The van der Waals surface area contributed by atoms with Gasteiger partial charge in [0.1, 0.15) is 0 Å². The molecule has 1 saturated carbocycles. The number of ether oxygens (including phenoxy) is 1. The molecule has 2 rings (SSSR count). The number of carboxylic acids is 1. The molecule has 1 aliphatic heterocycles. The molecule has 1 saturated heterocycles. The summed E-state index contributed by atoms with van der Waals surface area (Å²) in [7, 11) is -2.15. The third kappa shape index (κ3) is 3.37. The van der Waals surface area contributed by atoms with Crippen LogP contribution in [-0.4, -0.2) is 55.2 Å². The van der Waals surface area contributed by atoms with E-state index in [4.69, 9.17) is 5.11 Å². The van der Waals surface area contributed by atoms with Crippen LogP contribution in [0.3, 0.4) is 0 Å². The molecule has 7 nitrogen and oxygen atoms in total. The molecule has 1 atom stereocenters. The highest BCUT2D eigenvalue weighted by molar-refractivity contribution is 7.89. The molecule has 120 valence electrons. The molecule has 0 aromatic carbocycles. The van der Waals surface area contributed by atoms with Crippen molar-refractivity contribution in [1.82, 2.24) is 4.31 Å². The molecule has 1 N–H and O–H groups in total. The number of carboxylic acid groups (broad SMARTS) is 1. The van der Waals surface area contributed by atoms with Gasteiger partial charge < -0.3 is 9.84 Å². The molecule has 8 heteroatoms. The van der Waals surface area contributed by atoms with Crippen molar-refractivity contribution in [2.75, 3.05) is 20.2 Å². The minimum absolute atomic E-state index is 0.174. The van der Waals surface area contributed by atoms with Gasteiger partial charge in [0.15, 0.2) is 0 Å². The average Bonchev–Trinajstić information content (AvgIpc) is 2.97. The number of esters is 1. The second kappa shape index (κ2) is 6.31. The molecule has 0 amide bonds. The van der Waals surface area contributed by atoms with Crippen LogP contribution in [-0.2, 0) is 24.3 Å². The number of nitrogens with zero attached hydrogens (tertiary/aromatic N) is 1. The summed E-state index contributed by atoms with van der Waals surface area (Å²) in [5.74, 6) is -2.04. The van der Waals surface area contributed by atoms with E-state index in [-0.39, 0.29) is 18.4 Å². The lowest BCUT2D eigenvalue weighted by molar-refractivity contribution is -0.145. The first-order valence-corrected chi connectivity index (χ1v) is 8.66. The van der Waals surface area contributed by atoms with E-state index in [2.05, 4.69) is 4.74 Å². The van der Waals surface area contributed by atoms with Crippen LogP contribution in [0.5, 0.6) is 0 Å². The topological polar surface area (TPSA) is 101 Å². The van der Waals surface area contributed by atoms with Crippen molar-refractivity contribution in [3.63, 3.8) is 0 Å². The lowest BCUT2D eigenvalue weighted by Crippen LogP contribution is -2.40. The summed E-state index contributed by atoms with van der Waals surface area (Å²) in [6, 6.07) is 0. The van der Waals surface area contributed by atoms with Crippen molar-refractivity contribution < 1.29 is 27.9 Å². The largest absolute Gasteiger partial charge is 0.481 e. The van der Waals surface area contributed by atoms with E-state index in [0.29, 0.717) is 38.6 Å². The van der Waals surface area contributed by atoms with Gasteiger partial charge in [0, 0.05) is 13.1 Å². The second-order valence-corrected chi connectivity index (χ2v) is 7.94. The summed E-state index contributed by atoms with van der Waals surface area (Å²) in [4.78, 5) is 22.4. The van der Waals surface area contributed by atoms with Gasteiger partial charge in [-0.15, -0.1) is 0 Å². The fourth-order valence-electron chi connectivity index (χ4n) is 3.14. The van der Waals surface area contributed by atoms with Crippen LogP contribution in [0.2, 0.25) is 0 Å². The zero-order valence-electron chi connectivity index (χ0n) is 12.0. The molecule has 2 aliphatic rings. The first-order chi connectivity index (χ1) is 9.86. The van der Waals surface area contributed by atoms with E-state index in [1.165, 1.54) is 11.4 Å². The first-order valence-electron chi connectivity index (χ1n) is 7.16. The monoisotopic (exact) mass is 319 g/mol. The highest BCUT2D eigenvalue weighted by Gasteiger charge is 2.41. The Kier molecular flexibility index (Phi) is 4.88. The van der Waals surface area contributed by atoms with Crippen molar-refractivity contribution in [3.8, 4) is 0 Å². The summed E-state index contributed by atoms with van der Waals surface area (Å²) >= 11 is 0.